The molecule has 5 N–H and O–H groups in total. The maximum atomic E-state index is 12.1. The number of carbonyl (C=O) groups is 2. The molecule has 1 aromatic heterocycles. The Labute approximate surface area is 118 Å². The first kappa shape index (κ1) is 15.9. The van der Waals surface area contributed by atoms with E-state index in [-0.39, 0.29) is 18.4 Å². The van der Waals surface area contributed by atoms with E-state index in [0.717, 1.165) is 5.69 Å². The Morgan fingerprint density at radius 3 is 2.60 bits per heavy atom. The highest BCUT2D eigenvalue weighted by Crippen LogP contribution is 2.16. The van der Waals surface area contributed by atoms with E-state index in [1.165, 1.54) is 6.20 Å². The Bertz CT molecular complexity index is 513. The van der Waals surface area contributed by atoms with Crippen LogP contribution in [0.1, 0.15) is 29.9 Å². The summed E-state index contributed by atoms with van der Waals surface area (Å²) >= 11 is 0. The van der Waals surface area contributed by atoms with Crippen molar-refractivity contribution in [3.8, 4) is 0 Å². The monoisotopic (exact) mass is 279 g/mol. The van der Waals surface area contributed by atoms with Gasteiger partial charge in [-0.1, -0.05) is 0 Å². The van der Waals surface area contributed by atoms with E-state index >= 15 is 0 Å². The lowest BCUT2D eigenvalue weighted by atomic mass is 9.92. The summed E-state index contributed by atoms with van der Waals surface area (Å²) in [7, 11) is 1.56. The lowest BCUT2D eigenvalue weighted by Gasteiger charge is -2.23. The standard InChI is InChI=1S/C13H21N5O2/c1-8-5-10(18-14)9(6-16-8)11(19)17-7-13(2,3)12(20)15-4/h5-6H,7,14H2,1-4H3,(H,15,20)(H,16,18)(H,17,19). The van der Waals surface area contributed by atoms with Crippen LogP contribution >= 0.6 is 0 Å². The number of hydrogen-bond donors (Lipinski definition) is 4. The fourth-order valence-electron chi connectivity index (χ4n) is 1.68. The number of aromatic nitrogens is 1. The van der Waals surface area contributed by atoms with Gasteiger partial charge in [-0.2, -0.15) is 0 Å². The average molecular weight is 279 g/mol. The fourth-order valence-corrected chi connectivity index (χ4v) is 1.68. The minimum Gasteiger partial charge on any atom is -0.359 e. The number of anilines is 1. The number of amides is 2. The van der Waals surface area contributed by atoms with Crippen molar-refractivity contribution in [3.05, 3.63) is 23.5 Å². The van der Waals surface area contributed by atoms with Gasteiger partial charge in [0.2, 0.25) is 5.91 Å². The van der Waals surface area contributed by atoms with Crippen LogP contribution in [0.3, 0.4) is 0 Å². The molecule has 7 heteroatoms. The molecule has 0 saturated heterocycles. The molecular formula is C13H21N5O2. The third kappa shape index (κ3) is 3.67. The van der Waals surface area contributed by atoms with Crippen LogP contribution < -0.4 is 21.9 Å². The van der Waals surface area contributed by atoms with E-state index in [9.17, 15) is 9.59 Å². The summed E-state index contributed by atoms with van der Waals surface area (Å²) in [5, 5.41) is 5.28. The number of hydrogen-bond acceptors (Lipinski definition) is 5. The highest BCUT2D eigenvalue weighted by atomic mass is 16.2. The maximum Gasteiger partial charge on any atom is 0.255 e. The number of rotatable bonds is 5. The van der Waals surface area contributed by atoms with Crippen LogP contribution in [0, 0.1) is 12.3 Å². The zero-order valence-electron chi connectivity index (χ0n) is 12.2. The maximum absolute atomic E-state index is 12.1. The molecule has 0 saturated carbocycles. The molecule has 0 atom stereocenters. The second-order valence-corrected chi connectivity index (χ2v) is 5.16. The molecule has 1 rings (SSSR count). The highest BCUT2D eigenvalue weighted by Gasteiger charge is 2.27. The van der Waals surface area contributed by atoms with Crippen molar-refractivity contribution < 1.29 is 9.59 Å². The van der Waals surface area contributed by atoms with Crippen LogP contribution in [-0.2, 0) is 4.79 Å². The van der Waals surface area contributed by atoms with Crippen molar-refractivity contribution >= 4 is 17.5 Å². The zero-order valence-corrected chi connectivity index (χ0v) is 12.2. The molecule has 0 aliphatic rings. The topological polar surface area (TPSA) is 109 Å². The summed E-state index contributed by atoms with van der Waals surface area (Å²) in [5.74, 6) is 4.91. The Morgan fingerprint density at radius 2 is 2.05 bits per heavy atom. The molecule has 0 bridgehead atoms. The van der Waals surface area contributed by atoms with Crippen molar-refractivity contribution in [3.63, 3.8) is 0 Å². The summed E-state index contributed by atoms with van der Waals surface area (Å²) in [6.45, 7) is 5.52. The summed E-state index contributed by atoms with van der Waals surface area (Å²) in [6, 6.07) is 1.68. The summed E-state index contributed by atoms with van der Waals surface area (Å²) in [5.41, 5.74) is 3.35. The molecule has 20 heavy (non-hydrogen) atoms. The Kier molecular flexibility index (Phi) is 5.04. The zero-order chi connectivity index (χ0) is 15.3. The van der Waals surface area contributed by atoms with Gasteiger partial charge in [0.1, 0.15) is 0 Å². The first-order chi connectivity index (χ1) is 9.31. The van der Waals surface area contributed by atoms with Crippen molar-refractivity contribution in [1.29, 1.82) is 0 Å². The van der Waals surface area contributed by atoms with E-state index in [4.69, 9.17) is 5.84 Å². The quantitative estimate of drug-likeness (QED) is 0.454. The van der Waals surface area contributed by atoms with Gasteiger partial charge in [0.05, 0.1) is 16.7 Å². The smallest absolute Gasteiger partial charge is 0.255 e. The van der Waals surface area contributed by atoms with Gasteiger partial charge in [-0.15, -0.1) is 0 Å². The fraction of sp³-hybridized carbons (Fsp3) is 0.462. The Hall–Kier alpha value is -2.15. The lowest BCUT2D eigenvalue weighted by Crippen LogP contribution is -2.43. The predicted molar refractivity (Wildman–Crippen MR) is 77.0 cm³/mol. The molecular weight excluding hydrogens is 258 g/mol. The molecule has 7 nitrogen and oxygen atoms in total. The van der Waals surface area contributed by atoms with Crippen LogP contribution in [0.15, 0.2) is 12.3 Å². The van der Waals surface area contributed by atoms with Gasteiger partial charge in [0.15, 0.2) is 0 Å². The second kappa shape index (κ2) is 6.33. The summed E-state index contributed by atoms with van der Waals surface area (Å²) < 4.78 is 0. The minimum atomic E-state index is -0.696. The summed E-state index contributed by atoms with van der Waals surface area (Å²) in [4.78, 5) is 27.8. The molecule has 1 heterocycles. The van der Waals surface area contributed by atoms with Crippen molar-refractivity contribution in [2.24, 2.45) is 11.3 Å². The minimum absolute atomic E-state index is 0.142. The van der Waals surface area contributed by atoms with Crippen molar-refractivity contribution in [2.45, 2.75) is 20.8 Å². The number of nitrogens with two attached hydrogens (primary N) is 1. The average Bonchev–Trinajstić information content (AvgIpc) is 2.43. The number of carbonyl (C=O) groups excluding carboxylic acids is 2. The molecule has 0 radical (unpaired) electrons. The third-order valence-corrected chi connectivity index (χ3v) is 2.97. The molecule has 0 unspecified atom stereocenters. The van der Waals surface area contributed by atoms with Crippen LogP contribution in [0.4, 0.5) is 5.69 Å². The highest BCUT2D eigenvalue weighted by molar-refractivity contribution is 5.99. The normalized spacial score (nSPS) is 10.8. The second-order valence-electron chi connectivity index (χ2n) is 5.16. The van der Waals surface area contributed by atoms with Gasteiger partial charge < -0.3 is 16.1 Å². The largest absolute Gasteiger partial charge is 0.359 e. The molecule has 110 valence electrons. The molecule has 0 spiro atoms. The molecule has 2 amide bonds. The van der Waals surface area contributed by atoms with E-state index in [1.54, 1.807) is 33.9 Å². The van der Waals surface area contributed by atoms with Crippen LogP contribution in [0.5, 0.6) is 0 Å². The predicted octanol–water partition coefficient (Wildman–Crippen LogP) is 0.178. The number of nitrogens with zero attached hydrogens (tertiary/aromatic N) is 1. The van der Waals surface area contributed by atoms with E-state index in [2.05, 4.69) is 21.0 Å². The first-order valence-electron chi connectivity index (χ1n) is 6.25. The van der Waals surface area contributed by atoms with E-state index in [0.29, 0.717) is 11.3 Å². The number of hydrazine groups is 1. The van der Waals surface area contributed by atoms with Crippen LogP contribution in [-0.4, -0.2) is 30.4 Å². The molecule has 0 fully saturated rings. The van der Waals surface area contributed by atoms with Gasteiger partial charge in [-0.3, -0.25) is 20.4 Å². The Morgan fingerprint density at radius 1 is 1.40 bits per heavy atom. The van der Waals surface area contributed by atoms with Gasteiger partial charge in [-0.05, 0) is 26.8 Å². The van der Waals surface area contributed by atoms with Crippen molar-refractivity contribution in [2.75, 3.05) is 19.0 Å². The first-order valence-corrected chi connectivity index (χ1v) is 6.25. The molecule has 0 aliphatic carbocycles. The number of aryl methyl sites for hydroxylation is 1. The summed E-state index contributed by atoms with van der Waals surface area (Å²) in [6.07, 6.45) is 1.45. The van der Waals surface area contributed by atoms with Crippen LogP contribution in [0.2, 0.25) is 0 Å². The van der Waals surface area contributed by atoms with Crippen molar-refractivity contribution in [1.82, 2.24) is 15.6 Å². The third-order valence-electron chi connectivity index (χ3n) is 2.97. The van der Waals surface area contributed by atoms with Gasteiger partial charge >= 0.3 is 0 Å². The van der Waals surface area contributed by atoms with Gasteiger partial charge in [-0.25, -0.2) is 0 Å². The van der Waals surface area contributed by atoms with E-state index in [1.807, 2.05) is 0 Å². The van der Waals surface area contributed by atoms with Gasteiger partial charge in [0.25, 0.3) is 5.91 Å². The molecule has 1 aromatic rings. The molecule has 0 aliphatic heterocycles. The number of nitrogen functional groups attached to an aromatic ring is 1. The Balaban J connectivity index is 2.80. The molecule has 0 aromatic carbocycles. The SMILES string of the molecule is CNC(=O)C(C)(C)CNC(=O)c1cnc(C)cc1NN. The number of nitrogens with one attached hydrogen (secondary N) is 3. The van der Waals surface area contributed by atoms with Gasteiger partial charge in [0, 0.05) is 25.5 Å². The van der Waals surface area contributed by atoms with Crippen LogP contribution in [0.25, 0.3) is 0 Å². The van der Waals surface area contributed by atoms with E-state index < -0.39 is 5.41 Å². The lowest BCUT2D eigenvalue weighted by molar-refractivity contribution is -0.128. The number of pyridine rings is 1.